The summed E-state index contributed by atoms with van der Waals surface area (Å²) in [4.78, 5) is 23.7. The maximum absolute atomic E-state index is 12.0. The van der Waals surface area contributed by atoms with Crippen LogP contribution in [0.5, 0.6) is 0 Å². The van der Waals surface area contributed by atoms with Gasteiger partial charge in [-0.05, 0) is 24.3 Å². The normalized spacial score (nSPS) is 10.2. The Morgan fingerprint density at radius 3 is 2.32 bits per heavy atom. The minimum Gasteiger partial charge on any atom is -0.387 e. The number of benzene rings is 2. The SMILES string of the molecule is O=C(NNc1ccccc1)n1nc(-c2ccccc2)oc1=O. The van der Waals surface area contributed by atoms with Gasteiger partial charge in [0.25, 0.3) is 0 Å². The van der Waals surface area contributed by atoms with E-state index < -0.39 is 11.8 Å². The van der Waals surface area contributed by atoms with Gasteiger partial charge in [0.2, 0.25) is 5.89 Å². The first kappa shape index (κ1) is 13.6. The minimum atomic E-state index is -0.855. The van der Waals surface area contributed by atoms with Crippen molar-refractivity contribution in [1.82, 2.24) is 15.2 Å². The van der Waals surface area contributed by atoms with Crippen LogP contribution in [-0.2, 0) is 0 Å². The number of amides is 1. The molecule has 0 saturated carbocycles. The number of rotatable bonds is 3. The fraction of sp³-hybridized carbons (Fsp3) is 0. The largest absolute Gasteiger partial charge is 0.446 e. The van der Waals surface area contributed by atoms with E-state index in [0.29, 0.717) is 15.9 Å². The molecule has 0 saturated heterocycles. The Hall–Kier alpha value is -3.35. The van der Waals surface area contributed by atoms with Gasteiger partial charge in [0.05, 0.1) is 5.69 Å². The van der Waals surface area contributed by atoms with E-state index in [4.69, 9.17) is 4.42 Å². The van der Waals surface area contributed by atoms with Crippen LogP contribution >= 0.6 is 0 Å². The van der Waals surface area contributed by atoms with Gasteiger partial charge in [-0.25, -0.2) is 15.0 Å². The van der Waals surface area contributed by atoms with E-state index in [9.17, 15) is 9.59 Å². The molecule has 1 heterocycles. The summed E-state index contributed by atoms with van der Waals surface area (Å²) >= 11 is 0. The van der Waals surface area contributed by atoms with Gasteiger partial charge in [-0.1, -0.05) is 36.4 Å². The van der Waals surface area contributed by atoms with E-state index in [1.54, 1.807) is 36.4 Å². The van der Waals surface area contributed by atoms with Crippen molar-refractivity contribution in [3.05, 3.63) is 71.2 Å². The fourth-order valence-corrected chi connectivity index (χ4v) is 1.80. The lowest BCUT2D eigenvalue weighted by Gasteiger charge is -2.06. The van der Waals surface area contributed by atoms with Gasteiger partial charge in [0, 0.05) is 5.56 Å². The zero-order chi connectivity index (χ0) is 15.4. The van der Waals surface area contributed by atoms with E-state index in [1.807, 2.05) is 24.3 Å². The number of hydrogen-bond donors (Lipinski definition) is 2. The summed E-state index contributed by atoms with van der Waals surface area (Å²) in [5.74, 6) is -0.772. The molecule has 3 aromatic rings. The van der Waals surface area contributed by atoms with Crippen LogP contribution in [0, 0.1) is 0 Å². The third-order valence-electron chi connectivity index (χ3n) is 2.85. The van der Waals surface area contributed by atoms with Crippen LogP contribution in [0.2, 0.25) is 0 Å². The highest BCUT2D eigenvalue weighted by atomic mass is 16.4. The van der Waals surface area contributed by atoms with E-state index in [1.165, 1.54) is 0 Å². The molecule has 0 bridgehead atoms. The van der Waals surface area contributed by atoms with Crippen LogP contribution in [0.3, 0.4) is 0 Å². The highest BCUT2D eigenvalue weighted by Gasteiger charge is 2.15. The number of nitrogens with one attached hydrogen (secondary N) is 2. The van der Waals surface area contributed by atoms with Crippen LogP contribution in [0.15, 0.2) is 69.9 Å². The molecule has 7 heteroatoms. The average Bonchev–Trinajstić information content (AvgIpc) is 2.96. The summed E-state index contributed by atoms with van der Waals surface area (Å²) in [6.07, 6.45) is 0. The van der Waals surface area contributed by atoms with Crippen molar-refractivity contribution in [2.24, 2.45) is 0 Å². The highest BCUT2D eigenvalue weighted by molar-refractivity contribution is 5.77. The molecule has 0 radical (unpaired) electrons. The predicted octanol–water partition coefficient (Wildman–Crippen LogP) is 2.09. The predicted molar refractivity (Wildman–Crippen MR) is 80.2 cm³/mol. The second-order valence-electron chi connectivity index (χ2n) is 4.37. The maximum atomic E-state index is 12.0. The Morgan fingerprint density at radius 1 is 1.00 bits per heavy atom. The maximum Gasteiger partial charge on any atom is 0.446 e. The van der Waals surface area contributed by atoms with Crippen LogP contribution in [0.25, 0.3) is 11.5 Å². The molecule has 0 unspecified atom stereocenters. The van der Waals surface area contributed by atoms with E-state index >= 15 is 0 Å². The van der Waals surface area contributed by atoms with Gasteiger partial charge < -0.3 is 4.42 Å². The Labute approximate surface area is 125 Å². The van der Waals surface area contributed by atoms with Crippen LogP contribution < -0.4 is 16.6 Å². The zero-order valence-electron chi connectivity index (χ0n) is 11.4. The number of anilines is 1. The minimum absolute atomic E-state index is 0.0838. The molecule has 0 aliphatic rings. The molecule has 2 N–H and O–H groups in total. The van der Waals surface area contributed by atoms with E-state index in [-0.39, 0.29) is 5.89 Å². The molecular weight excluding hydrogens is 284 g/mol. The molecule has 1 amide bonds. The van der Waals surface area contributed by atoms with Gasteiger partial charge in [-0.15, -0.1) is 9.78 Å². The lowest BCUT2D eigenvalue weighted by atomic mass is 10.2. The van der Waals surface area contributed by atoms with Crippen LogP contribution in [0.1, 0.15) is 0 Å². The molecule has 0 aliphatic carbocycles. The smallest absolute Gasteiger partial charge is 0.387 e. The first-order valence-corrected chi connectivity index (χ1v) is 6.51. The molecular formula is C15H12N4O3. The van der Waals surface area contributed by atoms with Crippen molar-refractivity contribution in [3.63, 3.8) is 0 Å². The van der Waals surface area contributed by atoms with Gasteiger partial charge in [-0.3, -0.25) is 5.43 Å². The summed E-state index contributed by atoms with van der Waals surface area (Å²) in [6.45, 7) is 0. The van der Waals surface area contributed by atoms with Gasteiger partial charge in [0.1, 0.15) is 0 Å². The van der Waals surface area contributed by atoms with Crippen molar-refractivity contribution >= 4 is 11.7 Å². The van der Waals surface area contributed by atoms with Crippen molar-refractivity contribution in [1.29, 1.82) is 0 Å². The standard InChI is InChI=1S/C15H12N4O3/c20-14(17-16-12-9-5-2-6-10-12)19-15(21)22-13(18-19)11-7-3-1-4-8-11/h1-10,16H,(H,17,20). The molecule has 0 fully saturated rings. The number of carbonyl (C=O) groups excluding carboxylic acids is 1. The number of nitrogens with zero attached hydrogens (tertiary/aromatic N) is 2. The van der Waals surface area contributed by atoms with Crippen LogP contribution in [0.4, 0.5) is 10.5 Å². The Morgan fingerprint density at radius 2 is 1.64 bits per heavy atom. The number of para-hydroxylation sites is 1. The Bertz CT molecular complexity index is 825. The van der Waals surface area contributed by atoms with Gasteiger partial charge in [-0.2, -0.15) is 0 Å². The second kappa shape index (κ2) is 5.96. The summed E-state index contributed by atoms with van der Waals surface area (Å²) in [5, 5.41) is 3.88. The molecule has 2 aromatic carbocycles. The molecule has 0 aliphatic heterocycles. The topological polar surface area (TPSA) is 89.2 Å². The Balaban J connectivity index is 1.76. The lowest BCUT2D eigenvalue weighted by molar-refractivity contribution is 0.239. The van der Waals surface area contributed by atoms with E-state index in [0.717, 1.165) is 0 Å². The molecule has 0 atom stereocenters. The molecule has 1 aromatic heterocycles. The van der Waals surface area contributed by atoms with Crippen molar-refractivity contribution in [2.75, 3.05) is 5.43 Å². The van der Waals surface area contributed by atoms with Gasteiger partial charge in [0.15, 0.2) is 0 Å². The first-order valence-electron chi connectivity index (χ1n) is 6.51. The van der Waals surface area contributed by atoms with E-state index in [2.05, 4.69) is 16.0 Å². The molecule has 7 nitrogen and oxygen atoms in total. The highest BCUT2D eigenvalue weighted by Crippen LogP contribution is 2.13. The number of hydrazine groups is 1. The monoisotopic (exact) mass is 296 g/mol. The summed E-state index contributed by atoms with van der Waals surface area (Å²) < 4.78 is 5.60. The Kier molecular flexibility index (Phi) is 3.69. The first-order chi connectivity index (χ1) is 10.7. The van der Waals surface area contributed by atoms with Crippen LogP contribution in [-0.4, -0.2) is 15.8 Å². The quantitative estimate of drug-likeness (QED) is 0.722. The molecule has 0 spiro atoms. The van der Waals surface area contributed by atoms with Gasteiger partial charge >= 0.3 is 11.8 Å². The second-order valence-corrected chi connectivity index (χ2v) is 4.37. The third kappa shape index (κ3) is 2.88. The number of hydrogen-bond acceptors (Lipinski definition) is 5. The van der Waals surface area contributed by atoms with Crippen molar-refractivity contribution in [3.8, 4) is 11.5 Å². The fourth-order valence-electron chi connectivity index (χ4n) is 1.80. The summed E-state index contributed by atoms with van der Waals surface area (Å²) in [6, 6.07) is 17.1. The third-order valence-corrected chi connectivity index (χ3v) is 2.85. The summed E-state index contributed by atoms with van der Waals surface area (Å²) in [7, 11) is 0. The molecule has 110 valence electrons. The molecule has 22 heavy (non-hydrogen) atoms. The average molecular weight is 296 g/mol. The van der Waals surface area contributed by atoms with Crippen molar-refractivity contribution in [2.45, 2.75) is 0 Å². The number of carbonyl (C=O) groups is 1. The molecule has 3 rings (SSSR count). The van der Waals surface area contributed by atoms with Crippen molar-refractivity contribution < 1.29 is 9.21 Å². The summed E-state index contributed by atoms with van der Waals surface area (Å²) in [5.41, 5.74) is 6.34. The zero-order valence-corrected chi connectivity index (χ0v) is 11.4. The lowest BCUT2D eigenvalue weighted by Crippen LogP contribution is -2.38. The number of aromatic nitrogens is 2.